The molecule has 0 fully saturated rings. The molecule has 1 nitrogen and oxygen atoms in total. The van der Waals surface area contributed by atoms with Crippen LogP contribution in [-0.4, -0.2) is 11.2 Å². The number of thioether (sulfide) groups is 1. The van der Waals surface area contributed by atoms with Crippen LogP contribution in [0.4, 0.5) is 0 Å². The molecule has 66 valence electrons. The first-order valence-corrected chi connectivity index (χ1v) is 5.91. The lowest BCUT2D eigenvalue weighted by Gasteiger charge is -2.02. The lowest BCUT2D eigenvalue weighted by Crippen LogP contribution is -1.80. The summed E-state index contributed by atoms with van der Waals surface area (Å²) < 4.78 is 1.10. The summed E-state index contributed by atoms with van der Waals surface area (Å²) in [5, 5.41) is 1.21. The summed E-state index contributed by atoms with van der Waals surface area (Å²) in [6.07, 6.45) is 3.93. The summed E-state index contributed by atoms with van der Waals surface area (Å²) in [5.41, 5.74) is 1.05. The highest BCUT2D eigenvalue weighted by atomic mass is 79.9. The molecule has 0 bridgehead atoms. The highest BCUT2D eigenvalue weighted by Crippen LogP contribution is 2.26. The highest BCUT2D eigenvalue weighted by Gasteiger charge is 2.00. The van der Waals surface area contributed by atoms with Gasteiger partial charge in [-0.3, -0.25) is 4.98 Å². The van der Waals surface area contributed by atoms with Crippen molar-refractivity contribution >= 4 is 38.6 Å². The van der Waals surface area contributed by atoms with Crippen LogP contribution in [0.2, 0.25) is 0 Å². The van der Waals surface area contributed by atoms with Gasteiger partial charge < -0.3 is 0 Å². The van der Waals surface area contributed by atoms with E-state index in [1.807, 2.05) is 24.4 Å². The van der Waals surface area contributed by atoms with Crippen LogP contribution in [-0.2, 0) is 0 Å². The normalized spacial score (nSPS) is 10.6. The van der Waals surface area contributed by atoms with E-state index in [-0.39, 0.29) is 0 Å². The van der Waals surface area contributed by atoms with Crippen LogP contribution in [0.3, 0.4) is 0 Å². The van der Waals surface area contributed by atoms with Crippen molar-refractivity contribution < 1.29 is 0 Å². The van der Waals surface area contributed by atoms with Crippen LogP contribution in [0.15, 0.2) is 39.8 Å². The summed E-state index contributed by atoms with van der Waals surface area (Å²) in [6, 6.07) is 8.19. The third kappa shape index (κ3) is 1.71. The van der Waals surface area contributed by atoms with Crippen molar-refractivity contribution in [3.05, 3.63) is 34.9 Å². The molecule has 1 aromatic carbocycles. The molecule has 0 atom stereocenters. The van der Waals surface area contributed by atoms with Crippen LogP contribution < -0.4 is 0 Å². The Labute approximate surface area is 89.7 Å². The summed E-state index contributed by atoms with van der Waals surface area (Å²) in [5.74, 6) is 0. The van der Waals surface area contributed by atoms with Crippen LogP contribution >= 0.6 is 27.7 Å². The highest BCUT2D eigenvalue weighted by molar-refractivity contribution is 9.10. The summed E-state index contributed by atoms with van der Waals surface area (Å²) in [4.78, 5) is 5.57. The maximum absolute atomic E-state index is 4.30. The molecular weight excluding hydrogens is 246 g/mol. The number of aromatic nitrogens is 1. The quantitative estimate of drug-likeness (QED) is 0.719. The van der Waals surface area contributed by atoms with E-state index in [1.54, 1.807) is 11.8 Å². The zero-order valence-electron chi connectivity index (χ0n) is 7.12. The molecule has 0 N–H and O–H groups in total. The monoisotopic (exact) mass is 253 g/mol. The lowest BCUT2D eigenvalue weighted by molar-refractivity contribution is 1.35. The first-order chi connectivity index (χ1) is 6.31. The Hall–Kier alpha value is -0.540. The zero-order chi connectivity index (χ0) is 9.26. The molecule has 2 rings (SSSR count). The Morgan fingerprint density at radius 1 is 1.31 bits per heavy atom. The van der Waals surface area contributed by atoms with E-state index >= 15 is 0 Å². The number of halogens is 1. The Morgan fingerprint density at radius 3 is 2.92 bits per heavy atom. The largest absolute Gasteiger partial charge is 0.256 e. The third-order valence-corrected chi connectivity index (χ3v) is 3.17. The smallest absolute Gasteiger partial charge is 0.0714 e. The van der Waals surface area contributed by atoms with Crippen molar-refractivity contribution in [2.45, 2.75) is 4.90 Å². The standard InChI is InChI=1S/C10H8BrNS/c1-13-10-4-5-12-9-3-2-7(11)6-8(9)10/h2-6H,1H3. The van der Waals surface area contributed by atoms with Crippen LogP contribution in [0.5, 0.6) is 0 Å². The van der Waals surface area contributed by atoms with Crippen LogP contribution in [0.1, 0.15) is 0 Å². The van der Waals surface area contributed by atoms with E-state index in [2.05, 4.69) is 33.2 Å². The second-order valence-electron chi connectivity index (χ2n) is 2.67. The van der Waals surface area contributed by atoms with E-state index in [4.69, 9.17) is 0 Å². The van der Waals surface area contributed by atoms with Gasteiger partial charge in [0, 0.05) is 21.0 Å². The second kappa shape index (κ2) is 3.68. The number of pyridine rings is 1. The van der Waals surface area contributed by atoms with Crippen LogP contribution in [0, 0.1) is 0 Å². The minimum Gasteiger partial charge on any atom is -0.256 e. The van der Waals surface area contributed by atoms with Gasteiger partial charge in [0.15, 0.2) is 0 Å². The fourth-order valence-corrected chi connectivity index (χ4v) is 2.21. The van der Waals surface area contributed by atoms with Gasteiger partial charge in [-0.2, -0.15) is 0 Å². The average molecular weight is 254 g/mol. The molecule has 0 amide bonds. The second-order valence-corrected chi connectivity index (χ2v) is 4.44. The lowest BCUT2D eigenvalue weighted by atomic mass is 10.2. The Kier molecular flexibility index (Phi) is 2.56. The Bertz CT molecular complexity index is 442. The number of benzene rings is 1. The number of hydrogen-bond acceptors (Lipinski definition) is 2. The molecule has 1 aromatic heterocycles. The molecule has 0 spiro atoms. The minimum absolute atomic E-state index is 1.05. The molecule has 0 aliphatic rings. The van der Waals surface area contributed by atoms with Crippen molar-refractivity contribution in [2.75, 3.05) is 6.26 Å². The maximum Gasteiger partial charge on any atom is 0.0714 e. The van der Waals surface area contributed by atoms with Gasteiger partial charge in [-0.05, 0) is 30.5 Å². The van der Waals surface area contributed by atoms with Gasteiger partial charge in [0.2, 0.25) is 0 Å². The molecular formula is C10H8BrNS. The van der Waals surface area contributed by atoms with Gasteiger partial charge in [0.25, 0.3) is 0 Å². The van der Waals surface area contributed by atoms with Gasteiger partial charge in [-0.25, -0.2) is 0 Å². The van der Waals surface area contributed by atoms with Gasteiger partial charge in [0.05, 0.1) is 5.52 Å². The molecule has 0 saturated heterocycles. The topological polar surface area (TPSA) is 12.9 Å². The van der Waals surface area contributed by atoms with E-state index in [0.29, 0.717) is 0 Å². The predicted octanol–water partition coefficient (Wildman–Crippen LogP) is 3.72. The summed E-state index contributed by atoms with van der Waals surface area (Å²) >= 11 is 5.20. The molecule has 3 heteroatoms. The SMILES string of the molecule is CSc1ccnc2ccc(Br)cc12. The fraction of sp³-hybridized carbons (Fsp3) is 0.100. The van der Waals surface area contributed by atoms with E-state index in [0.717, 1.165) is 9.99 Å². The minimum atomic E-state index is 1.05. The number of hydrogen-bond donors (Lipinski definition) is 0. The van der Waals surface area contributed by atoms with E-state index in [1.165, 1.54) is 10.3 Å². The molecule has 1 heterocycles. The third-order valence-electron chi connectivity index (χ3n) is 1.88. The molecule has 0 saturated carbocycles. The first-order valence-electron chi connectivity index (χ1n) is 3.89. The molecule has 0 aliphatic heterocycles. The van der Waals surface area contributed by atoms with Gasteiger partial charge in [-0.1, -0.05) is 15.9 Å². The van der Waals surface area contributed by atoms with E-state index in [9.17, 15) is 0 Å². The molecule has 0 unspecified atom stereocenters. The molecule has 2 aromatic rings. The van der Waals surface area contributed by atoms with Gasteiger partial charge in [0.1, 0.15) is 0 Å². The Morgan fingerprint density at radius 2 is 2.15 bits per heavy atom. The average Bonchev–Trinajstić information content (AvgIpc) is 2.17. The molecule has 0 radical (unpaired) electrons. The number of fused-ring (bicyclic) bond motifs is 1. The predicted molar refractivity (Wildman–Crippen MR) is 61.2 cm³/mol. The van der Waals surface area contributed by atoms with Crippen molar-refractivity contribution in [2.24, 2.45) is 0 Å². The van der Waals surface area contributed by atoms with Crippen molar-refractivity contribution in [1.82, 2.24) is 4.98 Å². The fourth-order valence-electron chi connectivity index (χ4n) is 1.27. The Balaban J connectivity index is 2.79. The van der Waals surface area contributed by atoms with Crippen molar-refractivity contribution in [1.29, 1.82) is 0 Å². The van der Waals surface area contributed by atoms with E-state index < -0.39 is 0 Å². The summed E-state index contributed by atoms with van der Waals surface area (Å²) in [7, 11) is 0. The number of rotatable bonds is 1. The van der Waals surface area contributed by atoms with Gasteiger partial charge >= 0.3 is 0 Å². The van der Waals surface area contributed by atoms with Gasteiger partial charge in [-0.15, -0.1) is 11.8 Å². The first kappa shape index (κ1) is 9.03. The molecule has 13 heavy (non-hydrogen) atoms. The zero-order valence-corrected chi connectivity index (χ0v) is 9.52. The summed E-state index contributed by atoms with van der Waals surface area (Å²) in [6.45, 7) is 0. The number of nitrogens with zero attached hydrogens (tertiary/aromatic N) is 1. The maximum atomic E-state index is 4.30. The van der Waals surface area contributed by atoms with Crippen molar-refractivity contribution in [3.63, 3.8) is 0 Å². The van der Waals surface area contributed by atoms with Crippen molar-refractivity contribution in [3.8, 4) is 0 Å². The molecule has 0 aliphatic carbocycles. The van der Waals surface area contributed by atoms with Crippen LogP contribution in [0.25, 0.3) is 10.9 Å².